The topological polar surface area (TPSA) is 106 Å². The van der Waals surface area contributed by atoms with Gasteiger partial charge in [0.25, 0.3) is 0 Å². The van der Waals surface area contributed by atoms with E-state index < -0.39 is 27.7 Å². The lowest BCUT2D eigenvalue weighted by Crippen LogP contribution is -2.33. The SMILES string of the molecule is Cc1ccc(S(=O)(=O)ONC(N)=NN=Cc2cc(F)ccc2F)cc1. The number of rotatable bonds is 5. The van der Waals surface area contributed by atoms with Crippen LogP contribution in [-0.4, -0.2) is 20.6 Å². The Labute approximate surface area is 142 Å². The Morgan fingerprint density at radius 1 is 1.20 bits per heavy atom. The van der Waals surface area contributed by atoms with Crippen molar-refractivity contribution in [3.63, 3.8) is 0 Å². The molecule has 0 fully saturated rings. The van der Waals surface area contributed by atoms with Crippen molar-refractivity contribution in [3.8, 4) is 0 Å². The molecular weight excluding hydrogens is 354 g/mol. The summed E-state index contributed by atoms with van der Waals surface area (Å²) in [5, 5.41) is 6.80. The van der Waals surface area contributed by atoms with E-state index in [1.807, 2.05) is 5.48 Å². The first-order valence-electron chi connectivity index (χ1n) is 6.85. The third-order valence-corrected chi connectivity index (χ3v) is 4.04. The van der Waals surface area contributed by atoms with Gasteiger partial charge in [0.2, 0.25) is 5.96 Å². The van der Waals surface area contributed by atoms with Gasteiger partial charge < -0.3 is 5.73 Å². The van der Waals surface area contributed by atoms with Crippen LogP contribution in [0.5, 0.6) is 0 Å². The molecule has 2 aromatic rings. The summed E-state index contributed by atoms with van der Waals surface area (Å²) in [7, 11) is -4.10. The Morgan fingerprint density at radius 2 is 1.88 bits per heavy atom. The molecule has 0 unspecified atom stereocenters. The Hall–Kier alpha value is -2.85. The van der Waals surface area contributed by atoms with Crippen LogP contribution in [0, 0.1) is 18.6 Å². The zero-order chi connectivity index (χ0) is 18.4. The van der Waals surface area contributed by atoms with Crippen molar-refractivity contribution in [2.45, 2.75) is 11.8 Å². The van der Waals surface area contributed by atoms with Gasteiger partial charge in [-0.3, -0.25) is 0 Å². The normalized spacial score (nSPS) is 12.5. The quantitative estimate of drug-likeness (QED) is 0.476. The molecule has 7 nitrogen and oxygen atoms in total. The van der Waals surface area contributed by atoms with Gasteiger partial charge in [0, 0.05) is 5.56 Å². The highest BCUT2D eigenvalue weighted by molar-refractivity contribution is 7.86. The second-order valence-corrected chi connectivity index (χ2v) is 6.39. The fourth-order valence-electron chi connectivity index (χ4n) is 1.64. The lowest BCUT2D eigenvalue weighted by atomic mass is 10.2. The Balaban J connectivity index is 2.00. The van der Waals surface area contributed by atoms with Crippen molar-refractivity contribution in [3.05, 3.63) is 65.2 Å². The number of nitrogens with two attached hydrogens (primary N) is 1. The minimum Gasteiger partial charge on any atom is -0.367 e. The molecule has 2 aromatic carbocycles. The summed E-state index contributed by atoms with van der Waals surface area (Å²) >= 11 is 0. The molecular formula is C15H14F2N4O3S. The van der Waals surface area contributed by atoms with Crippen molar-refractivity contribution in [2.75, 3.05) is 0 Å². The summed E-state index contributed by atoms with van der Waals surface area (Å²) in [5.41, 5.74) is 8.02. The standard InChI is InChI=1S/C15H14F2N4O3S/c1-10-2-5-13(6-3-10)25(22,23)24-21-15(18)20-19-9-11-8-12(16)4-7-14(11)17/h2-9H,1H3,(H3,18,20,21). The molecule has 0 atom stereocenters. The van der Waals surface area contributed by atoms with Gasteiger partial charge in [0.05, 0.1) is 11.1 Å². The number of halogens is 2. The molecule has 0 amide bonds. The van der Waals surface area contributed by atoms with E-state index in [9.17, 15) is 17.2 Å². The van der Waals surface area contributed by atoms with Gasteiger partial charge in [0.1, 0.15) is 11.6 Å². The summed E-state index contributed by atoms with van der Waals surface area (Å²) in [4.78, 5) is -0.0799. The average molecular weight is 368 g/mol. The van der Waals surface area contributed by atoms with Crippen LogP contribution >= 0.6 is 0 Å². The van der Waals surface area contributed by atoms with Crippen molar-refractivity contribution in [1.29, 1.82) is 0 Å². The largest absolute Gasteiger partial charge is 0.367 e. The molecule has 0 aliphatic heterocycles. The number of benzene rings is 2. The van der Waals surface area contributed by atoms with E-state index in [2.05, 4.69) is 14.5 Å². The van der Waals surface area contributed by atoms with E-state index in [0.29, 0.717) is 0 Å². The summed E-state index contributed by atoms with van der Waals surface area (Å²) in [6, 6.07) is 8.73. The molecule has 3 N–H and O–H groups in total. The number of hydrogen-bond acceptors (Lipinski definition) is 5. The van der Waals surface area contributed by atoms with Gasteiger partial charge in [-0.1, -0.05) is 17.7 Å². The molecule has 10 heteroatoms. The highest BCUT2D eigenvalue weighted by Crippen LogP contribution is 2.12. The molecule has 0 heterocycles. The minimum atomic E-state index is -4.10. The van der Waals surface area contributed by atoms with Gasteiger partial charge in [-0.05, 0) is 37.3 Å². The number of hydroxylamine groups is 1. The van der Waals surface area contributed by atoms with E-state index >= 15 is 0 Å². The van der Waals surface area contributed by atoms with Gasteiger partial charge in [0.15, 0.2) is 0 Å². The molecule has 0 aliphatic carbocycles. The average Bonchev–Trinajstić information content (AvgIpc) is 2.57. The fraction of sp³-hybridized carbons (Fsp3) is 0.0667. The Kier molecular flexibility index (Phi) is 5.78. The van der Waals surface area contributed by atoms with Crippen LogP contribution < -0.4 is 11.2 Å². The van der Waals surface area contributed by atoms with Crippen LogP contribution in [0.25, 0.3) is 0 Å². The second kappa shape index (κ2) is 7.81. The van der Waals surface area contributed by atoms with Crippen molar-refractivity contribution in [1.82, 2.24) is 5.48 Å². The first-order valence-corrected chi connectivity index (χ1v) is 8.26. The highest BCUT2D eigenvalue weighted by Gasteiger charge is 2.15. The Morgan fingerprint density at radius 3 is 2.56 bits per heavy atom. The third-order valence-electron chi connectivity index (χ3n) is 2.89. The van der Waals surface area contributed by atoms with Crippen LogP contribution in [-0.2, 0) is 14.4 Å². The van der Waals surface area contributed by atoms with Crippen molar-refractivity contribution in [2.24, 2.45) is 15.9 Å². The maximum atomic E-state index is 13.4. The fourth-order valence-corrected chi connectivity index (χ4v) is 2.40. The summed E-state index contributed by atoms with van der Waals surface area (Å²) < 4.78 is 54.7. The first kappa shape index (κ1) is 18.5. The zero-order valence-corrected chi connectivity index (χ0v) is 13.8. The van der Waals surface area contributed by atoms with E-state index in [0.717, 1.165) is 30.0 Å². The van der Waals surface area contributed by atoms with E-state index in [4.69, 9.17) is 5.73 Å². The summed E-state index contributed by atoms with van der Waals surface area (Å²) in [6.07, 6.45) is 0.918. The second-order valence-electron chi connectivity index (χ2n) is 4.85. The molecule has 0 spiro atoms. The summed E-state index contributed by atoms with van der Waals surface area (Å²) in [5.74, 6) is -1.85. The zero-order valence-electron chi connectivity index (χ0n) is 13.0. The summed E-state index contributed by atoms with van der Waals surface area (Å²) in [6.45, 7) is 1.81. The van der Waals surface area contributed by atoms with Crippen LogP contribution in [0.4, 0.5) is 8.78 Å². The predicted octanol–water partition coefficient (Wildman–Crippen LogP) is 1.83. The molecule has 0 radical (unpaired) electrons. The monoisotopic (exact) mass is 368 g/mol. The molecule has 0 bridgehead atoms. The molecule has 25 heavy (non-hydrogen) atoms. The van der Waals surface area contributed by atoms with Crippen molar-refractivity contribution >= 4 is 22.3 Å². The van der Waals surface area contributed by atoms with Crippen LogP contribution in [0.3, 0.4) is 0 Å². The number of guanidine groups is 1. The number of nitrogens with one attached hydrogen (secondary N) is 1. The van der Waals surface area contributed by atoms with Crippen LogP contribution in [0.15, 0.2) is 57.6 Å². The van der Waals surface area contributed by atoms with Crippen molar-refractivity contribution < 1.29 is 21.5 Å². The van der Waals surface area contributed by atoms with E-state index in [-0.39, 0.29) is 10.5 Å². The number of nitrogens with zero attached hydrogens (tertiary/aromatic N) is 2. The van der Waals surface area contributed by atoms with E-state index in [1.165, 1.54) is 12.1 Å². The maximum absolute atomic E-state index is 13.4. The minimum absolute atomic E-state index is 0.0799. The maximum Gasteiger partial charge on any atom is 0.317 e. The van der Waals surface area contributed by atoms with Crippen LogP contribution in [0.1, 0.15) is 11.1 Å². The highest BCUT2D eigenvalue weighted by atomic mass is 32.2. The molecule has 0 aromatic heterocycles. The number of aryl methyl sites for hydroxylation is 1. The molecule has 0 saturated heterocycles. The lowest BCUT2D eigenvalue weighted by Gasteiger charge is -2.06. The van der Waals surface area contributed by atoms with Gasteiger partial charge >= 0.3 is 10.1 Å². The lowest BCUT2D eigenvalue weighted by molar-refractivity contribution is 0.266. The van der Waals surface area contributed by atoms with Gasteiger partial charge in [-0.15, -0.1) is 9.39 Å². The van der Waals surface area contributed by atoms with Crippen LogP contribution in [0.2, 0.25) is 0 Å². The van der Waals surface area contributed by atoms with Gasteiger partial charge in [-0.2, -0.15) is 13.5 Å². The molecule has 0 saturated carbocycles. The first-order chi connectivity index (χ1) is 11.8. The number of hydrogen-bond donors (Lipinski definition) is 2. The molecule has 0 aliphatic rings. The predicted molar refractivity (Wildman–Crippen MR) is 88.2 cm³/mol. The third kappa shape index (κ3) is 5.33. The van der Waals surface area contributed by atoms with E-state index in [1.54, 1.807) is 19.1 Å². The van der Waals surface area contributed by atoms with Gasteiger partial charge in [-0.25, -0.2) is 14.3 Å². The molecule has 2 rings (SSSR count). The Bertz CT molecular complexity index is 913. The molecule has 132 valence electrons. The smallest absolute Gasteiger partial charge is 0.317 e.